The maximum atomic E-state index is 12.7. The van der Waals surface area contributed by atoms with E-state index in [2.05, 4.69) is 0 Å². The first-order chi connectivity index (χ1) is 9.11. The van der Waals surface area contributed by atoms with Gasteiger partial charge in [-0.1, -0.05) is 30.3 Å². The first-order valence-corrected chi connectivity index (χ1v) is 10.0. The SMILES string of the molecule is CC(=O)C(O[Si](C)(C)C)(C(=O)N(C)C)c1ccccc1. The Kier molecular flexibility index (Phi) is 4.89. The van der Waals surface area contributed by atoms with E-state index < -0.39 is 13.9 Å². The van der Waals surface area contributed by atoms with Crippen LogP contribution in [0.4, 0.5) is 0 Å². The molecular formula is C15H23NO3Si. The van der Waals surface area contributed by atoms with Crippen LogP contribution in [0.2, 0.25) is 19.6 Å². The Bertz CT molecular complexity index is 494. The van der Waals surface area contributed by atoms with Crippen LogP contribution in [0.5, 0.6) is 0 Å². The van der Waals surface area contributed by atoms with Crippen molar-refractivity contribution in [1.82, 2.24) is 4.90 Å². The second kappa shape index (κ2) is 5.89. The highest BCUT2D eigenvalue weighted by atomic mass is 28.4. The van der Waals surface area contributed by atoms with E-state index in [1.54, 1.807) is 26.2 Å². The van der Waals surface area contributed by atoms with E-state index in [9.17, 15) is 9.59 Å². The minimum absolute atomic E-state index is 0.287. The minimum Gasteiger partial charge on any atom is -0.395 e. The summed E-state index contributed by atoms with van der Waals surface area (Å²) in [6.45, 7) is 7.32. The molecule has 0 spiro atoms. The summed E-state index contributed by atoms with van der Waals surface area (Å²) in [6.07, 6.45) is 0. The van der Waals surface area contributed by atoms with Gasteiger partial charge in [0.2, 0.25) is 5.60 Å². The van der Waals surface area contributed by atoms with E-state index in [0.717, 1.165) is 0 Å². The van der Waals surface area contributed by atoms with Crippen LogP contribution in [-0.4, -0.2) is 39.0 Å². The van der Waals surface area contributed by atoms with Crippen molar-refractivity contribution >= 4 is 20.0 Å². The zero-order valence-corrected chi connectivity index (χ0v) is 14.1. The topological polar surface area (TPSA) is 46.6 Å². The summed E-state index contributed by atoms with van der Waals surface area (Å²) in [5, 5.41) is 0. The molecule has 0 aliphatic carbocycles. The number of ketones is 1. The Labute approximate surface area is 121 Å². The zero-order valence-electron chi connectivity index (χ0n) is 13.1. The van der Waals surface area contributed by atoms with Gasteiger partial charge in [-0.25, -0.2) is 0 Å². The summed E-state index contributed by atoms with van der Waals surface area (Å²) >= 11 is 0. The van der Waals surface area contributed by atoms with E-state index >= 15 is 0 Å². The Morgan fingerprint density at radius 2 is 1.60 bits per heavy atom. The van der Waals surface area contributed by atoms with E-state index in [0.29, 0.717) is 5.56 Å². The molecule has 1 rings (SSSR count). The summed E-state index contributed by atoms with van der Waals surface area (Å²) < 4.78 is 6.09. The molecule has 1 aromatic rings. The average molecular weight is 293 g/mol. The molecule has 20 heavy (non-hydrogen) atoms. The van der Waals surface area contributed by atoms with Gasteiger partial charge in [-0.2, -0.15) is 0 Å². The van der Waals surface area contributed by atoms with Gasteiger partial charge in [-0.3, -0.25) is 9.59 Å². The lowest BCUT2D eigenvalue weighted by Gasteiger charge is -2.37. The number of likely N-dealkylation sites (N-methyl/N-ethyl adjacent to an activating group) is 1. The molecule has 5 heteroatoms. The van der Waals surface area contributed by atoms with Crippen LogP contribution < -0.4 is 0 Å². The van der Waals surface area contributed by atoms with Crippen LogP contribution in [0.25, 0.3) is 0 Å². The van der Waals surface area contributed by atoms with E-state index in [-0.39, 0.29) is 11.7 Å². The number of hydrogen-bond donors (Lipinski definition) is 0. The zero-order chi connectivity index (χ0) is 15.6. The monoisotopic (exact) mass is 293 g/mol. The Morgan fingerprint density at radius 3 is 1.95 bits per heavy atom. The van der Waals surface area contributed by atoms with Crippen LogP contribution >= 0.6 is 0 Å². The van der Waals surface area contributed by atoms with Gasteiger partial charge in [0.05, 0.1) is 0 Å². The van der Waals surface area contributed by atoms with Gasteiger partial charge >= 0.3 is 0 Å². The first kappa shape index (κ1) is 16.6. The Balaban J connectivity index is 3.51. The molecule has 0 aromatic heterocycles. The molecule has 0 N–H and O–H groups in total. The molecular weight excluding hydrogens is 270 g/mol. The second-order valence-electron chi connectivity index (χ2n) is 6.02. The molecule has 4 nitrogen and oxygen atoms in total. The van der Waals surface area contributed by atoms with Crippen molar-refractivity contribution in [2.45, 2.75) is 32.2 Å². The molecule has 0 aliphatic rings. The number of Topliss-reactive ketones (excluding diaryl/α,β-unsaturated/α-hetero) is 1. The first-order valence-electron chi connectivity index (χ1n) is 6.60. The predicted molar refractivity (Wildman–Crippen MR) is 81.9 cm³/mol. The fraction of sp³-hybridized carbons (Fsp3) is 0.467. The van der Waals surface area contributed by atoms with Gasteiger partial charge in [0.15, 0.2) is 14.1 Å². The van der Waals surface area contributed by atoms with Crippen LogP contribution in [-0.2, 0) is 19.6 Å². The fourth-order valence-corrected chi connectivity index (χ4v) is 3.37. The molecule has 1 amide bonds. The number of carbonyl (C=O) groups excluding carboxylic acids is 2. The largest absolute Gasteiger partial charge is 0.395 e. The molecule has 0 aliphatic heterocycles. The average Bonchev–Trinajstić information content (AvgIpc) is 2.34. The summed E-state index contributed by atoms with van der Waals surface area (Å²) in [5.41, 5.74) is -0.941. The van der Waals surface area contributed by atoms with Gasteiger partial charge in [-0.15, -0.1) is 0 Å². The van der Waals surface area contributed by atoms with Crippen molar-refractivity contribution in [2.24, 2.45) is 0 Å². The van der Waals surface area contributed by atoms with Gasteiger partial charge in [-0.05, 0) is 32.1 Å². The van der Waals surface area contributed by atoms with Crippen molar-refractivity contribution in [3.63, 3.8) is 0 Å². The lowest BCUT2D eigenvalue weighted by Crippen LogP contribution is -2.55. The number of rotatable bonds is 5. The lowest BCUT2D eigenvalue weighted by atomic mass is 9.89. The van der Waals surface area contributed by atoms with Gasteiger partial charge in [0.25, 0.3) is 5.91 Å². The number of carbonyl (C=O) groups is 2. The van der Waals surface area contributed by atoms with Crippen molar-refractivity contribution in [2.75, 3.05) is 14.1 Å². The summed E-state index contributed by atoms with van der Waals surface area (Å²) in [4.78, 5) is 26.4. The van der Waals surface area contributed by atoms with Crippen LogP contribution in [0.3, 0.4) is 0 Å². The van der Waals surface area contributed by atoms with Crippen LogP contribution in [0.1, 0.15) is 12.5 Å². The molecule has 0 fully saturated rings. The highest BCUT2D eigenvalue weighted by molar-refractivity contribution is 6.70. The maximum absolute atomic E-state index is 12.7. The normalized spacial score (nSPS) is 14.5. The Morgan fingerprint density at radius 1 is 1.10 bits per heavy atom. The van der Waals surface area contributed by atoms with Crippen molar-refractivity contribution in [3.05, 3.63) is 35.9 Å². The Hall–Kier alpha value is -1.46. The number of benzene rings is 1. The summed E-state index contributed by atoms with van der Waals surface area (Å²) in [7, 11) is 1.16. The predicted octanol–water partition coefficient (Wildman–Crippen LogP) is 2.41. The van der Waals surface area contributed by atoms with E-state index in [1.165, 1.54) is 11.8 Å². The van der Waals surface area contributed by atoms with Crippen LogP contribution in [0, 0.1) is 0 Å². The number of hydrogen-bond acceptors (Lipinski definition) is 3. The third kappa shape index (κ3) is 3.35. The van der Waals surface area contributed by atoms with Crippen LogP contribution in [0.15, 0.2) is 30.3 Å². The number of nitrogens with zero attached hydrogens (tertiary/aromatic N) is 1. The fourth-order valence-electron chi connectivity index (χ4n) is 2.10. The summed E-state index contributed by atoms with van der Waals surface area (Å²) in [6, 6.07) is 9.00. The maximum Gasteiger partial charge on any atom is 0.265 e. The standard InChI is InChI=1S/C15H23NO3Si/c1-12(17)15(14(18)16(2)3,19-20(4,5)6)13-10-8-7-9-11-13/h7-11H,1-6H3. The molecule has 0 saturated heterocycles. The highest BCUT2D eigenvalue weighted by Gasteiger charge is 2.49. The van der Waals surface area contributed by atoms with Crippen molar-refractivity contribution in [3.8, 4) is 0 Å². The smallest absolute Gasteiger partial charge is 0.265 e. The van der Waals surface area contributed by atoms with Crippen molar-refractivity contribution < 1.29 is 14.0 Å². The molecule has 0 heterocycles. The molecule has 0 bridgehead atoms. The van der Waals surface area contributed by atoms with Crippen molar-refractivity contribution in [1.29, 1.82) is 0 Å². The lowest BCUT2D eigenvalue weighted by molar-refractivity contribution is -0.156. The molecule has 1 unspecified atom stereocenters. The summed E-state index contributed by atoms with van der Waals surface area (Å²) in [5.74, 6) is -0.622. The molecule has 0 saturated carbocycles. The van der Waals surface area contributed by atoms with Gasteiger partial charge in [0, 0.05) is 14.1 Å². The van der Waals surface area contributed by atoms with Gasteiger partial charge in [0.1, 0.15) is 0 Å². The molecule has 0 radical (unpaired) electrons. The minimum atomic E-state index is -2.12. The molecule has 1 aromatic carbocycles. The number of amides is 1. The third-order valence-corrected chi connectivity index (χ3v) is 3.76. The second-order valence-corrected chi connectivity index (χ2v) is 10.4. The van der Waals surface area contributed by atoms with E-state index in [1.807, 2.05) is 37.8 Å². The highest BCUT2D eigenvalue weighted by Crippen LogP contribution is 2.32. The quantitative estimate of drug-likeness (QED) is 0.618. The van der Waals surface area contributed by atoms with Gasteiger partial charge < -0.3 is 9.33 Å². The molecule has 110 valence electrons. The van der Waals surface area contributed by atoms with E-state index in [4.69, 9.17) is 4.43 Å². The third-order valence-electron chi connectivity index (χ3n) is 2.84. The molecule has 1 atom stereocenters.